The third-order valence-electron chi connectivity index (χ3n) is 4.47. The molecular weight excluding hydrogens is 400 g/mol. The first-order valence-corrected chi connectivity index (χ1v) is 9.73. The number of amides is 1. The van der Waals surface area contributed by atoms with E-state index in [-0.39, 0.29) is 13.4 Å². The Bertz CT molecular complexity index is 659. The van der Waals surface area contributed by atoms with E-state index in [4.69, 9.17) is 28.4 Å². The summed E-state index contributed by atoms with van der Waals surface area (Å²) in [6.07, 6.45) is -1.86. The molecule has 0 aromatic heterocycles. The van der Waals surface area contributed by atoms with Crippen LogP contribution in [0.3, 0.4) is 0 Å². The van der Waals surface area contributed by atoms with Gasteiger partial charge in [-0.1, -0.05) is 0 Å². The Hall–Kier alpha value is -1.95. The third-order valence-corrected chi connectivity index (χ3v) is 4.47. The second kappa shape index (κ2) is 9.46. The topological polar surface area (TPSA) is 128 Å². The maximum Gasteiger partial charge on any atom is 0.408 e. The molecule has 0 aromatic carbocycles. The molecular formula is C19H32N2O9. The van der Waals surface area contributed by atoms with Gasteiger partial charge in [0.1, 0.15) is 30.6 Å². The third kappa shape index (κ3) is 6.53. The molecule has 0 aliphatic carbocycles. The van der Waals surface area contributed by atoms with E-state index in [9.17, 15) is 14.9 Å². The molecule has 0 bridgehead atoms. The second-order valence-corrected chi connectivity index (χ2v) is 8.71. The lowest BCUT2D eigenvalue weighted by Crippen LogP contribution is -2.61. The molecule has 0 spiro atoms. The molecule has 1 fully saturated rings. The van der Waals surface area contributed by atoms with Crippen LogP contribution in [0.4, 0.5) is 4.79 Å². The zero-order valence-electron chi connectivity index (χ0n) is 18.5. The molecule has 5 atom stereocenters. The summed E-state index contributed by atoms with van der Waals surface area (Å²) >= 11 is 0. The summed E-state index contributed by atoms with van der Waals surface area (Å²) in [6, 6.07) is -2.33. The van der Waals surface area contributed by atoms with Gasteiger partial charge < -0.3 is 33.7 Å². The number of rotatable bonds is 7. The highest BCUT2D eigenvalue weighted by Gasteiger charge is 2.53. The average Bonchev–Trinajstić information content (AvgIpc) is 2.92. The Balaban J connectivity index is 2.29. The van der Waals surface area contributed by atoms with Gasteiger partial charge in [-0.3, -0.25) is 10.1 Å². The van der Waals surface area contributed by atoms with Gasteiger partial charge in [0.2, 0.25) is 0 Å². The van der Waals surface area contributed by atoms with E-state index in [0.29, 0.717) is 5.76 Å². The SMILES string of the molecule is COCO[C@@H]([C@@H]1OC(C)=C[C@H](NC(=O)OC(C)(C)C)[C@H]1[N+](=O)[O-])[C@H]1COC(C)(C)O1. The van der Waals surface area contributed by atoms with Gasteiger partial charge >= 0.3 is 6.09 Å². The fraction of sp³-hybridized carbons (Fsp3) is 0.842. The van der Waals surface area contributed by atoms with E-state index in [0.717, 1.165) is 0 Å². The van der Waals surface area contributed by atoms with Gasteiger partial charge in [0.15, 0.2) is 11.9 Å². The zero-order valence-corrected chi connectivity index (χ0v) is 18.5. The molecule has 0 unspecified atom stereocenters. The van der Waals surface area contributed by atoms with Gasteiger partial charge in [-0.15, -0.1) is 0 Å². The molecule has 0 radical (unpaired) electrons. The Morgan fingerprint density at radius 1 is 1.43 bits per heavy atom. The van der Waals surface area contributed by atoms with Crippen LogP contribution in [0.1, 0.15) is 41.5 Å². The predicted octanol–water partition coefficient (Wildman–Crippen LogP) is 1.97. The van der Waals surface area contributed by atoms with Crippen LogP contribution in [0, 0.1) is 10.1 Å². The van der Waals surface area contributed by atoms with Crippen LogP contribution in [0.15, 0.2) is 11.8 Å². The summed E-state index contributed by atoms with van der Waals surface area (Å²) in [5.74, 6) is -0.458. The molecule has 2 rings (SSSR count). The largest absolute Gasteiger partial charge is 0.485 e. The molecule has 30 heavy (non-hydrogen) atoms. The average molecular weight is 432 g/mol. The van der Waals surface area contributed by atoms with Crippen molar-refractivity contribution in [3.05, 3.63) is 21.9 Å². The second-order valence-electron chi connectivity index (χ2n) is 8.71. The van der Waals surface area contributed by atoms with E-state index in [1.165, 1.54) is 13.2 Å². The lowest BCUT2D eigenvalue weighted by Gasteiger charge is -2.37. The van der Waals surface area contributed by atoms with Gasteiger partial charge in [0, 0.05) is 12.0 Å². The molecule has 172 valence electrons. The van der Waals surface area contributed by atoms with E-state index in [1.54, 1.807) is 41.5 Å². The van der Waals surface area contributed by atoms with Crippen LogP contribution in [-0.2, 0) is 28.4 Å². The summed E-state index contributed by atoms with van der Waals surface area (Å²) in [5.41, 5.74) is -0.748. The van der Waals surface area contributed by atoms with Crippen molar-refractivity contribution in [3.8, 4) is 0 Å². The quantitative estimate of drug-likeness (QED) is 0.365. The Kier molecular flexibility index (Phi) is 7.67. The molecule has 2 heterocycles. The Labute approximate surface area is 176 Å². The number of allylic oxidation sites excluding steroid dienone is 1. The highest BCUT2D eigenvalue weighted by Crippen LogP contribution is 2.32. The van der Waals surface area contributed by atoms with Crippen LogP contribution in [0.2, 0.25) is 0 Å². The van der Waals surface area contributed by atoms with Crippen LogP contribution in [0.5, 0.6) is 0 Å². The molecule has 1 amide bonds. The molecule has 0 saturated carbocycles. The number of alkyl carbamates (subject to hydrolysis) is 1. The smallest absolute Gasteiger partial charge is 0.408 e. The van der Waals surface area contributed by atoms with Gasteiger partial charge in [0.25, 0.3) is 6.04 Å². The molecule has 1 N–H and O–H groups in total. The van der Waals surface area contributed by atoms with Crippen LogP contribution in [-0.4, -0.2) is 73.3 Å². The van der Waals surface area contributed by atoms with Crippen LogP contribution >= 0.6 is 0 Å². The lowest BCUT2D eigenvalue weighted by atomic mass is 9.92. The predicted molar refractivity (Wildman–Crippen MR) is 104 cm³/mol. The van der Waals surface area contributed by atoms with E-state index >= 15 is 0 Å². The minimum Gasteiger partial charge on any atom is -0.485 e. The Morgan fingerprint density at radius 3 is 2.60 bits per heavy atom. The first kappa shape index (κ1) is 24.3. The monoisotopic (exact) mass is 432 g/mol. The first-order chi connectivity index (χ1) is 13.8. The van der Waals surface area contributed by atoms with Crippen molar-refractivity contribution < 1.29 is 38.1 Å². The fourth-order valence-corrected chi connectivity index (χ4v) is 3.40. The van der Waals surface area contributed by atoms with Crippen molar-refractivity contribution in [2.75, 3.05) is 20.5 Å². The molecule has 11 nitrogen and oxygen atoms in total. The maximum atomic E-state index is 12.3. The number of methoxy groups -OCH3 is 1. The van der Waals surface area contributed by atoms with Crippen molar-refractivity contribution in [2.45, 2.75) is 83.3 Å². The number of nitrogens with zero attached hydrogens (tertiary/aromatic N) is 1. The van der Waals surface area contributed by atoms with Gasteiger partial charge in [0.05, 0.1) is 12.4 Å². The zero-order chi connectivity index (χ0) is 22.7. The van der Waals surface area contributed by atoms with E-state index < -0.39 is 52.8 Å². The van der Waals surface area contributed by atoms with Crippen molar-refractivity contribution >= 4 is 6.09 Å². The van der Waals surface area contributed by atoms with Gasteiger partial charge in [-0.05, 0) is 47.6 Å². The van der Waals surface area contributed by atoms with Crippen molar-refractivity contribution in [3.63, 3.8) is 0 Å². The number of ether oxygens (including phenoxy) is 6. The number of nitro groups is 1. The van der Waals surface area contributed by atoms with Crippen molar-refractivity contribution in [2.24, 2.45) is 0 Å². The highest BCUT2D eigenvalue weighted by atomic mass is 16.8. The summed E-state index contributed by atoms with van der Waals surface area (Å²) in [6.45, 7) is 10.3. The minimum absolute atomic E-state index is 0.123. The molecule has 1 saturated heterocycles. The highest BCUT2D eigenvalue weighted by molar-refractivity contribution is 5.68. The first-order valence-electron chi connectivity index (χ1n) is 9.73. The molecule has 11 heteroatoms. The summed E-state index contributed by atoms with van der Waals surface area (Å²) in [5, 5.41) is 14.6. The normalized spacial score (nSPS) is 29.5. The van der Waals surface area contributed by atoms with Gasteiger partial charge in [-0.2, -0.15) is 0 Å². The molecule has 2 aliphatic heterocycles. The summed E-state index contributed by atoms with van der Waals surface area (Å²) in [4.78, 5) is 23.8. The standard InChI is InChI=1S/C19H32N2O9/c1-11-8-12(20-17(22)30-18(2,3)4)14(21(23)24)16(28-11)15(26-10-25-7)13-9-27-19(5,6)29-13/h8,12-16H,9-10H2,1-7H3,(H,20,22)/t12-,13+,14+,15+,16+/m0/s1. The number of hydrogen-bond donors (Lipinski definition) is 1. The minimum atomic E-state index is -1.35. The van der Waals surface area contributed by atoms with Gasteiger partial charge in [-0.25, -0.2) is 4.79 Å². The number of carbonyl (C=O) groups is 1. The van der Waals surface area contributed by atoms with E-state index in [2.05, 4.69) is 5.32 Å². The number of hydrogen-bond acceptors (Lipinski definition) is 9. The molecule has 2 aliphatic rings. The van der Waals surface area contributed by atoms with Crippen LogP contribution in [0.25, 0.3) is 0 Å². The lowest BCUT2D eigenvalue weighted by molar-refractivity contribution is -0.542. The summed E-state index contributed by atoms with van der Waals surface area (Å²) < 4.78 is 33.3. The fourth-order valence-electron chi connectivity index (χ4n) is 3.40. The summed E-state index contributed by atoms with van der Waals surface area (Å²) in [7, 11) is 1.44. The molecule has 0 aromatic rings. The Morgan fingerprint density at radius 2 is 2.10 bits per heavy atom. The van der Waals surface area contributed by atoms with Crippen molar-refractivity contribution in [1.82, 2.24) is 5.32 Å². The number of carbonyl (C=O) groups excluding carboxylic acids is 1. The number of nitrogens with one attached hydrogen (secondary N) is 1. The van der Waals surface area contributed by atoms with Crippen LogP contribution < -0.4 is 5.32 Å². The maximum absolute atomic E-state index is 12.3. The van der Waals surface area contributed by atoms with E-state index in [1.807, 2.05) is 0 Å². The van der Waals surface area contributed by atoms with Crippen molar-refractivity contribution in [1.29, 1.82) is 0 Å².